The monoisotopic (exact) mass is 256 g/mol. The van der Waals surface area contributed by atoms with Crippen LogP contribution in [0.15, 0.2) is 27.4 Å². The number of benzene rings is 1. The number of rotatable bonds is 3. The van der Waals surface area contributed by atoms with Crippen LogP contribution in [-0.4, -0.2) is 10.5 Å². The number of nitrogens with two attached hydrogens (primary N) is 1. The summed E-state index contributed by atoms with van der Waals surface area (Å²) in [6.45, 7) is 3.08. The molecule has 4 nitrogen and oxygen atoms in total. The fraction of sp³-hybridized carbons (Fsp3) is 0.417. The average molecular weight is 256 g/mol. The van der Waals surface area contributed by atoms with Crippen LogP contribution in [0.4, 0.5) is 8.78 Å². The van der Waals surface area contributed by atoms with E-state index in [-0.39, 0.29) is 11.1 Å². The molecular weight excluding hydrogens is 242 g/mol. The maximum Gasteiger partial charge on any atom is 0.417 e. The summed E-state index contributed by atoms with van der Waals surface area (Å²) in [7, 11) is 0. The minimum atomic E-state index is -3.07. The highest BCUT2D eigenvalue weighted by Crippen LogP contribution is 2.36. The quantitative estimate of drug-likeness (QED) is 0.885. The Labute approximate surface area is 102 Å². The Morgan fingerprint density at radius 1 is 1.39 bits per heavy atom. The lowest BCUT2D eigenvalue weighted by molar-refractivity contribution is -0.0295. The van der Waals surface area contributed by atoms with Crippen molar-refractivity contribution < 1.29 is 13.2 Å². The normalized spacial score (nSPS) is 13.2. The highest BCUT2D eigenvalue weighted by molar-refractivity contribution is 5.73. The van der Waals surface area contributed by atoms with E-state index in [0.717, 1.165) is 0 Å². The van der Waals surface area contributed by atoms with E-state index in [1.165, 1.54) is 32.0 Å². The van der Waals surface area contributed by atoms with Gasteiger partial charge in [0.05, 0.1) is 5.52 Å². The number of fused-ring (bicyclic) bond motifs is 1. The fourth-order valence-corrected chi connectivity index (χ4v) is 1.85. The zero-order valence-electron chi connectivity index (χ0n) is 10.1. The maximum absolute atomic E-state index is 14.0. The van der Waals surface area contributed by atoms with Gasteiger partial charge in [0.15, 0.2) is 5.58 Å². The van der Waals surface area contributed by atoms with E-state index in [2.05, 4.69) is 4.98 Å². The zero-order chi connectivity index (χ0) is 13.6. The summed E-state index contributed by atoms with van der Waals surface area (Å²) in [5.41, 5.74) is 4.93. The molecule has 0 aliphatic carbocycles. The molecular formula is C12H14F2N2O2. The first-order valence-corrected chi connectivity index (χ1v) is 5.47. The molecule has 0 radical (unpaired) electrons. The zero-order valence-corrected chi connectivity index (χ0v) is 10.1. The molecule has 0 aliphatic heterocycles. The summed E-state index contributed by atoms with van der Waals surface area (Å²) < 4.78 is 32.7. The van der Waals surface area contributed by atoms with Crippen molar-refractivity contribution in [2.75, 3.05) is 0 Å². The second-order valence-electron chi connectivity index (χ2n) is 5.10. The Morgan fingerprint density at radius 3 is 2.67 bits per heavy atom. The van der Waals surface area contributed by atoms with Crippen LogP contribution in [0.1, 0.15) is 25.8 Å². The number of oxazole rings is 1. The Morgan fingerprint density at radius 2 is 2.06 bits per heavy atom. The molecule has 0 fully saturated rings. The third-order valence-electron chi connectivity index (χ3n) is 2.52. The van der Waals surface area contributed by atoms with E-state index in [9.17, 15) is 13.6 Å². The largest absolute Gasteiger partial charge is 0.417 e. The van der Waals surface area contributed by atoms with Crippen LogP contribution in [-0.2, 0) is 5.92 Å². The lowest BCUT2D eigenvalue weighted by atomic mass is 9.93. The van der Waals surface area contributed by atoms with Crippen molar-refractivity contribution >= 4 is 11.1 Å². The first kappa shape index (κ1) is 12.8. The summed E-state index contributed by atoms with van der Waals surface area (Å²) in [6, 6.07) is 3.82. The van der Waals surface area contributed by atoms with Gasteiger partial charge in [-0.25, -0.2) is 13.6 Å². The van der Waals surface area contributed by atoms with Crippen molar-refractivity contribution in [1.29, 1.82) is 0 Å². The summed E-state index contributed by atoms with van der Waals surface area (Å²) >= 11 is 0. The van der Waals surface area contributed by atoms with E-state index in [1.54, 1.807) is 0 Å². The second-order valence-corrected chi connectivity index (χ2v) is 5.10. The van der Waals surface area contributed by atoms with Gasteiger partial charge in [-0.05, 0) is 26.0 Å². The molecule has 1 heterocycles. The Hall–Kier alpha value is -1.69. The van der Waals surface area contributed by atoms with Gasteiger partial charge in [0.25, 0.3) is 5.92 Å². The molecule has 0 saturated heterocycles. The van der Waals surface area contributed by atoms with Gasteiger partial charge in [-0.15, -0.1) is 0 Å². The van der Waals surface area contributed by atoms with Crippen LogP contribution in [0.2, 0.25) is 0 Å². The number of H-pyrrole nitrogens is 1. The molecule has 1 aromatic carbocycles. The molecule has 2 rings (SSSR count). The third kappa shape index (κ3) is 2.59. The van der Waals surface area contributed by atoms with Crippen molar-refractivity contribution in [3.8, 4) is 0 Å². The number of hydrogen-bond donors (Lipinski definition) is 2. The van der Waals surface area contributed by atoms with Crippen LogP contribution < -0.4 is 11.5 Å². The van der Waals surface area contributed by atoms with Gasteiger partial charge in [0.2, 0.25) is 0 Å². The number of aromatic nitrogens is 1. The molecule has 0 aliphatic rings. The van der Waals surface area contributed by atoms with Gasteiger partial charge < -0.3 is 10.2 Å². The van der Waals surface area contributed by atoms with Crippen molar-refractivity contribution in [3.05, 3.63) is 34.3 Å². The molecule has 6 heteroatoms. The van der Waals surface area contributed by atoms with Gasteiger partial charge in [0.1, 0.15) is 0 Å². The molecule has 2 aromatic rings. The average Bonchev–Trinajstić information content (AvgIpc) is 2.52. The van der Waals surface area contributed by atoms with Crippen molar-refractivity contribution in [2.45, 2.75) is 31.7 Å². The molecule has 0 amide bonds. The summed E-state index contributed by atoms with van der Waals surface area (Å²) in [5.74, 6) is -3.73. The number of alkyl halides is 2. The van der Waals surface area contributed by atoms with E-state index in [1.807, 2.05) is 0 Å². The molecule has 0 saturated carbocycles. The van der Waals surface area contributed by atoms with E-state index < -0.39 is 23.6 Å². The van der Waals surface area contributed by atoms with E-state index in [4.69, 9.17) is 10.2 Å². The molecule has 0 unspecified atom stereocenters. The first-order valence-electron chi connectivity index (χ1n) is 5.47. The van der Waals surface area contributed by atoms with Gasteiger partial charge in [-0.3, -0.25) is 4.98 Å². The molecule has 3 N–H and O–H groups in total. The van der Waals surface area contributed by atoms with Crippen LogP contribution in [0, 0.1) is 0 Å². The van der Waals surface area contributed by atoms with Gasteiger partial charge in [0, 0.05) is 17.5 Å². The molecule has 0 bridgehead atoms. The number of hydrogen-bond acceptors (Lipinski definition) is 3. The van der Waals surface area contributed by atoms with Crippen molar-refractivity contribution in [2.24, 2.45) is 5.73 Å². The second kappa shape index (κ2) is 3.91. The SMILES string of the molecule is CC(C)(N)CC(F)(F)c1ccc2[nH]c(=O)oc2c1. The molecule has 98 valence electrons. The molecule has 1 aromatic heterocycles. The fourth-order valence-electron chi connectivity index (χ4n) is 1.85. The van der Waals surface area contributed by atoms with Crippen LogP contribution in [0.25, 0.3) is 11.1 Å². The van der Waals surface area contributed by atoms with Crippen LogP contribution in [0.3, 0.4) is 0 Å². The Kier molecular flexibility index (Phi) is 2.77. The van der Waals surface area contributed by atoms with Crippen molar-refractivity contribution in [3.63, 3.8) is 0 Å². The summed E-state index contributed by atoms with van der Waals surface area (Å²) in [4.78, 5) is 13.3. The Balaban J connectivity index is 2.43. The topological polar surface area (TPSA) is 72.0 Å². The molecule has 0 spiro atoms. The van der Waals surface area contributed by atoms with E-state index in [0.29, 0.717) is 5.52 Å². The van der Waals surface area contributed by atoms with Crippen LogP contribution in [0.5, 0.6) is 0 Å². The highest BCUT2D eigenvalue weighted by Gasteiger charge is 2.37. The van der Waals surface area contributed by atoms with Crippen molar-refractivity contribution in [1.82, 2.24) is 4.98 Å². The Bertz CT molecular complexity index is 623. The number of nitrogens with one attached hydrogen (secondary N) is 1. The predicted octanol–water partition coefficient (Wildman–Crippen LogP) is 2.34. The molecule has 18 heavy (non-hydrogen) atoms. The predicted molar refractivity (Wildman–Crippen MR) is 63.6 cm³/mol. The lowest BCUT2D eigenvalue weighted by Crippen LogP contribution is -2.38. The maximum atomic E-state index is 14.0. The van der Waals surface area contributed by atoms with Gasteiger partial charge >= 0.3 is 5.76 Å². The summed E-state index contributed by atoms with van der Waals surface area (Å²) in [5, 5.41) is 0. The number of aromatic amines is 1. The van der Waals surface area contributed by atoms with Gasteiger partial charge in [-0.1, -0.05) is 6.07 Å². The van der Waals surface area contributed by atoms with Crippen LogP contribution >= 0.6 is 0 Å². The van der Waals surface area contributed by atoms with Gasteiger partial charge in [-0.2, -0.15) is 0 Å². The first-order chi connectivity index (χ1) is 8.17. The number of halogens is 2. The minimum Gasteiger partial charge on any atom is -0.408 e. The molecule has 0 atom stereocenters. The van der Waals surface area contributed by atoms with E-state index >= 15 is 0 Å². The third-order valence-corrected chi connectivity index (χ3v) is 2.52. The smallest absolute Gasteiger partial charge is 0.408 e. The lowest BCUT2D eigenvalue weighted by Gasteiger charge is -2.25. The minimum absolute atomic E-state index is 0.118. The standard InChI is InChI=1S/C12H14F2N2O2/c1-11(2,15)6-12(13,14)7-3-4-8-9(5-7)18-10(17)16-8/h3-5H,6,15H2,1-2H3,(H,16,17). The summed E-state index contributed by atoms with van der Waals surface area (Å²) in [6.07, 6.45) is -0.486. The highest BCUT2D eigenvalue weighted by atomic mass is 19.3.